The van der Waals surface area contributed by atoms with E-state index in [1.165, 1.54) is 33.3 Å². The van der Waals surface area contributed by atoms with E-state index in [1.54, 1.807) is 26.2 Å². The first-order valence-electron chi connectivity index (χ1n) is 12.1. The number of hydrogen-bond donors (Lipinski definition) is 2. The van der Waals surface area contributed by atoms with Crippen molar-refractivity contribution in [2.24, 2.45) is 18.9 Å². The normalized spacial score (nSPS) is 22.8. The first-order chi connectivity index (χ1) is 17.0. The topological polar surface area (TPSA) is 96.0 Å². The number of rotatable bonds is 7. The van der Waals surface area contributed by atoms with Gasteiger partial charge in [0.25, 0.3) is 0 Å². The van der Waals surface area contributed by atoms with Gasteiger partial charge in [0, 0.05) is 68.9 Å². The molecule has 1 amide bonds. The number of amides is 1. The maximum atomic E-state index is 13.8. The van der Waals surface area contributed by atoms with Crippen LogP contribution in [0.4, 0.5) is 13.2 Å². The van der Waals surface area contributed by atoms with E-state index in [9.17, 15) is 22.8 Å². The Morgan fingerprint density at radius 1 is 1.25 bits per heavy atom. The molecule has 0 bridgehead atoms. The highest BCUT2D eigenvalue weighted by molar-refractivity contribution is 8.14. The second-order valence-corrected chi connectivity index (χ2v) is 10.6. The SMILES string of the molecule is CCn1cc(C2CC(CN3CCSC3=N)CC(C(=O)NCc3ccc(=O)n(C)c3)C2)c(C(F)(F)F)n1. The molecule has 4 rings (SSSR count). The predicted molar refractivity (Wildman–Crippen MR) is 132 cm³/mol. The van der Waals surface area contributed by atoms with Gasteiger partial charge in [0.05, 0.1) is 0 Å². The van der Waals surface area contributed by atoms with Crippen molar-refractivity contribution in [2.45, 2.75) is 51.4 Å². The van der Waals surface area contributed by atoms with Crippen LogP contribution >= 0.6 is 11.8 Å². The second-order valence-electron chi connectivity index (χ2n) is 9.56. The summed E-state index contributed by atoms with van der Waals surface area (Å²) in [5.41, 5.74) is -0.109. The van der Waals surface area contributed by atoms with Gasteiger partial charge in [-0.15, -0.1) is 0 Å². The molecule has 3 heterocycles. The first kappa shape index (κ1) is 26.3. The molecule has 2 fully saturated rings. The van der Waals surface area contributed by atoms with Crippen LogP contribution in [0, 0.1) is 17.2 Å². The summed E-state index contributed by atoms with van der Waals surface area (Å²) in [6, 6.07) is 3.09. The van der Waals surface area contributed by atoms with Gasteiger partial charge in [0.1, 0.15) is 0 Å². The number of halogens is 3. The molecule has 2 aliphatic rings. The number of pyridine rings is 1. The summed E-state index contributed by atoms with van der Waals surface area (Å²) >= 11 is 1.46. The van der Waals surface area contributed by atoms with Crippen molar-refractivity contribution < 1.29 is 18.0 Å². The lowest BCUT2D eigenvalue weighted by molar-refractivity contribution is -0.142. The standard InChI is InChI=1S/C24H31F3N6O2S/c1-3-33-14-19(21(30-33)24(25,26)27)17-8-16(13-32-6-7-36-23(32)28)9-18(10-17)22(35)29-11-15-4-5-20(34)31(2)12-15/h4-5,12,14,16-18,28H,3,6-11,13H2,1-2H3,(H,29,35). The molecule has 2 aromatic rings. The van der Waals surface area contributed by atoms with Crippen LogP contribution in [0.25, 0.3) is 0 Å². The Kier molecular flexibility index (Phi) is 7.82. The fourth-order valence-electron chi connectivity index (χ4n) is 5.19. The molecule has 8 nitrogen and oxygen atoms in total. The molecule has 2 N–H and O–H groups in total. The van der Waals surface area contributed by atoms with E-state index in [0.29, 0.717) is 37.5 Å². The summed E-state index contributed by atoms with van der Waals surface area (Å²) in [7, 11) is 1.63. The van der Waals surface area contributed by atoms with E-state index >= 15 is 0 Å². The third-order valence-corrected chi connectivity index (χ3v) is 7.90. The molecule has 0 aromatic carbocycles. The third-order valence-electron chi connectivity index (χ3n) is 6.98. The van der Waals surface area contributed by atoms with Crippen LogP contribution in [0.15, 0.2) is 29.3 Å². The molecule has 196 valence electrons. The lowest BCUT2D eigenvalue weighted by atomic mass is 9.72. The van der Waals surface area contributed by atoms with Gasteiger partial charge in [-0.3, -0.25) is 19.7 Å². The summed E-state index contributed by atoms with van der Waals surface area (Å²) in [5, 5.41) is 15.3. The number of carbonyl (C=O) groups excluding carboxylic acids is 1. The monoisotopic (exact) mass is 524 g/mol. The molecule has 2 aromatic heterocycles. The Bertz CT molecular complexity index is 1180. The largest absolute Gasteiger partial charge is 0.435 e. The minimum Gasteiger partial charge on any atom is -0.352 e. The second kappa shape index (κ2) is 10.7. The molecular weight excluding hydrogens is 493 g/mol. The minimum atomic E-state index is -4.57. The van der Waals surface area contributed by atoms with E-state index in [-0.39, 0.29) is 29.5 Å². The van der Waals surface area contributed by atoms with Crippen molar-refractivity contribution in [1.82, 2.24) is 24.6 Å². The van der Waals surface area contributed by atoms with Crippen molar-refractivity contribution in [1.29, 1.82) is 5.41 Å². The average molecular weight is 525 g/mol. The molecule has 0 radical (unpaired) electrons. The maximum Gasteiger partial charge on any atom is 0.435 e. The van der Waals surface area contributed by atoms with Crippen molar-refractivity contribution in [2.75, 3.05) is 18.8 Å². The van der Waals surface area contributed by atoms with E-state index < -0.39 is 23.7 Å². The smallest absolute Gasteiger partial charge is 0.352 e. The van der Waals surface area contributed by atoms with Crippen LogP contribution < -0.4 is 10.9 Å². The Labute approximate surface area is 211 Å². The molecule has 36 heavy (non-hydrogen) atoms. The highest BCUT2D eigenvalue weighted by Crippen LogP contribution is 2.44. The number of nitrogens with zero attached hydrogens (tertiary/aromatic N) is 4. The van der Waals surface area contributed by atoms with Crippen LogP contribution in [-0.4, -0.2) is 49.2 Å². The average Bonchev–Trinajstić information content (AvgIpc) is 3.46. The van der Waals surface area contributed by atoms with E-state index in [1.807, 2.05) is 4.90 Å². The number of hydrogen-bond acceptors (Lipinski definition) is 5. The van der Waals surface area contributed by atoms with Gasteiger partial charge in [-0.05, 0) is 43.6 Å². The summed E-state index contributed by atoms with van der Waals surface area (Å²) in [4.78, 5) is 26.8. The van der Waals surface area contributed by atoms with Crippen LogP contribution in [0.3, 0.4) is 0 Å². The van der Waals surface area contributed by atoms with Crippen LogP contribution in [0.5, 0.6) is 0 Å². The zero-order chi connectivity index (χ0) is 26.0. The van der Waals surface area contributed by atoms with Crippen molar-refractivity contribution in [3.8, 4) is 0 Å². The summed E-state index contributed by atoms with van der Waals surface area (Å²) in [6.07, 6.45) is -0.0773. The number of alkyl halides is 3. The van der Waals surface area contributed by atoms with Crippen molar-refractivity contribution >= 4 is 22.8 Å². The van der Waals surface area contributed by atoms with Crippen molar-refractivity contribution in [3.63, 3.8) is 0 Å². The molecular formula is C24H31F3N6O2S. The van der Waals surface area contributed by atoms with Gasteiger partial charge in [-0.1, -0.05) is 17.8 Å². The fraction of sp³-hybridized carbons (Fsp3) is 0.583. The molecule has 12 heteroatoms. The van der Waals surface area contributed by atoms with E-state index in [0.717, 1.165) is 17.9 Å². The van der Waals surface area contributed by atoms with Gasteiger partial charge < -0.3 is 14.8 Å². The van der Waals surface area contributed by atoms with Gasteiger partial charge in [-0.2, -0.15) is 18.3 Å². The van der Waals surface area contributed by atoms with Crippen LogP contribution in [0.1, 0.15) is 48.9 Å². The number of carbonyl (C=O) groups is 1. The van der Waals surface area contributed by atoms with Gasteiger partial charge in [-0.25, -0.2) is 0 Å². The highest BCUT2D eigenvalue weighted by Gasteiger charge is 2.42. The molecule has 3 atom stereocenters. The van der Waals surface area contributed by atoms with Gasteiger partial charge in [0.2, 0.25) is 11.5 Å². The number of aromatic nitrogens is 3. The maximum absolute atomic E-state index is 13.8. The lowest BCUT2D eigenvalue weighted by Crippen LogP contribution is -2.39. The predicted octanol–water partition coefficient (Wildman–Crippen LogP) is 3.42. The Morgan fingerprint density at radius 2 is 2.03 bits per heavy atom. The first-order valence-corrected chi connectivity index (χ1v) is 13.1. The Balaban J connectivity index is 1.55. The molecule has 3 unspecified atom stereocenters. The zero-order valence-corrected chi connectivity index (χ0v) is 21.2. The molecule has 1 aliphatic heterocycles. The number of aryl methyl sites for hydroxylation is 2. The fourth-order valence-corrected chi connectivity index (χ4v) is 6.05. The van der Waals surface area contributed by atoms with E-state index in [4.69, 9.17) is 5.41 Å². The molecule has 1 saturated carbocycles. The summed E-state index contributed by atoms with van der Waals surface area (Å²) < 4.78 is 44.2. The number of nitrogens with one attached hydrogen (secondary N) is 2. The van der Waals surface area contributed by atoms with Gasteiger partial charge >= 0.3 is 6.18 Å². The van der Waals surface area contributed by atoms with Crippen LogP contribution in [-0.2, 0) is 31.1 Å². The third kappa shape index (κ3) is 5.96. The summed E-state index contributed by atoms with van der Waals surface area (Å²) in [6.45, 7) is 3.58. The van der Waals surface area contributed by atoms with Crippen LogP contribution in [0.2, 0.25) is 0 Å². The molecule has 0 spiro atoms. The minimum absolute atomic E-state index is 0.0258. The van der Waals surface area contributed by atoms with Crippen molar-refractivity contribution in [3.05, 3.63) is 51.7 Å². The highest BCUT2D eigenvalue weighted by atomic mass is 32.2. The molecule has 1 saturated heterocycles. The lowest BCUT2D eigenvalue weighted by Gasteiger charge is -2.36. The quantitative estimate of drug-likeness (QED) is 0.579. The summed E-state index contributed by atoms with van der Waals surface area (Å²) in [5.74, 6) is -0.335. The zero-order valence-electron chi connectivity index (χ0n) is 20.3. The Morgan fingerprint density at radius 3 is 2.67 bits per heavy atom. The number of amidine groups is 1. The van der Waals surface area contributed by atoms with E-state index in [2.05, 4.69) is 10.4 Å². The Hall–Kier alpha value is -2.76. The molecule has 1 aliphatic carbocycles. The van der Waals surface area contributed by atoms with Gasteiger partial charge in [0.15, 0.2) is 10.9 Å². The number of thioether (sulfide) groups is 1.